The van der Waals surface area contributed by atoms with Crippen LogP contribution in [0.1, 0.15) is 32.5 Å². The van der Waals surface area contributed by atoms with E-state index in [1.165, 1.54) is 0 Å². The largest absolute Gasteiger partial charge is 0.396 e. The van der Waals surface area contributed by atoms with Gasteiger partial charge in [0.15, 0.2) is 0 Å². The van der Waals surface area contributed by atoms with Crippen LogP contribution in [0, 0.1) is 5.41 Å². The molecule has 0 aromatic carbocycles. The Kier molecular flexibility index (Phi) is 4.24. The summed E-state index contributed by atoms with van der Waals surface area (Å²) in [7, 11) is 0. The van der Waals surface area contributed by atoms with Crippen LogP contribution in [0.5, 0.6) is 0 Å². The third-order valence-electron chi connectivity index (χ3n) is 2.45. The van der Waals surface area contributed by atoms with Crippen LogP contribution >= 0.6 is 0 Å². The average Bonchev–Trinajstić information content (AvgIpc) is 2.27. The molecule has 0 aliphatic carbocycles. The van der Waals surface area contributed by atoms with Crippen LogP contribution in [-0.2, 0) is 0 Å². The summed E-state index contributed by atoms with van der Waals surface area (Å²) in [5, 5.41) is 12.5. The first-order valence-corrected chi connectivity index (χ1v) is 5.30. The Balaban J connectivity index is 2.47. The number of nitrogens with one attached hydrogen (secondary N) is 1. The van der Waals surface area contributed by atoms with Gasteiger partial charge in [0.25, 0.3) is 0 Å². The fraction of sp³-hybridized carbons (Fsp3) is 0.583. The Morgan fingerprint density at radius 1 is 1.47 bits per heavy atom. The van der Waals surface area contributed by atoms with Crippen LogP contribution < -0.4 is 5.32 Å². The summed E-state index contributed by atoms with van der Waals surface area (Å²) >= 11 is 0. The van der Waals surface area contributed by atoms with Crippen molar-refractivity contribution in [3.05, 3.63) is 30.1 Å². The van der Waals surface area contributed by atoms with Crippen molar-refractivity contribution < 1.29 is 5.11 Å². The minimum Gasteiger partial charge on any atom is -0.396 e. The maximum atomic E-state index is 9.12. The SMILES string of the molecule is C[C@H](NCC(C)(C)CO)c1ccccn1. The van der Waals surface area contributed by atoms with Crippen molar-refractivity contribution >= 4 is 0 Å². The molecule has 0 radical (unpaired) electrons. The molecule has 1 aromatic heterocycles. The van der Waals surface area contributed by atoms with Gasteiger partial charge < -0.3 is 10.4 Å². The van der Waals surface area contributed by atoms with Crippen molar-refractivity contribution in [2.24, 2.45) is 5.41 Å². The molecule has 0 bridgehead atoms. The van der Waals surface area contributed by atoms with Gasteiger partial charge in [-0.3, -0.25) is 4.98 Å². The molecule has 15 heavy (non-hydrogen) atoms. The maximum absolute atomic E-state index is 9.12. The highest BCUT2D eigenvalue weighted by Crippen LogP contribution is 2.15. The molecule has 0 saturated carbocycles. The zero-order valence-corrected chi connectivity index (χ0v) is 9.70. The molecule has 1 heterocycles. The Bertz CT molecular complexity index is 285. The standard InChI is InChI=1S/C12H20N2O/c1-10(11-6-4-5-7-13-11)14-8-12(2,3)9-15/h4-7,10,14-15H,8-9H2,1-3H3/t10-/m0/s1. The first kappa shape index (κ1) is 12.1. The van der Waals surface area contributed by atoms with Gasteiger partial charge in [-0.15, -0.1) is 0 Å². The molecule has 0 aliphatic rings. The average molecular weight is 208 g/mol. The fourth-order valence-corrected chi connectivity index (χ4v) is 1.22. The van der Waals surface area contributed by atoms with Crippen molar-refractivity contribution in [3.8, 4) is 0 Å². The number of rotatable bonds is 5. The van der Waals surface area contributed by atoms with Gasteiger partial charge in [-0.1, -0.05) is 19.9 Å². The van der Waals surface area contributed by atoms with E-state index in [4.69, 9.17) is 5.11 Å². The smallest absolute Gasteiger partial charge is 0.0570 e. The molecule has 3 heteroatoms. The van der Waals surface area contributed by atoms with Crippen molar-refractivity contribution in [3.63, 3.8) is 0 Å². The molecule has 2 N–H and O–H groups in total. The van der Waals surface area contributed by atoms with Crippen molar-refractivity contribution in [2.75, 3.05) is 13.2 Å². The van der Waals surface area contributed by atoms with Gasteiger partial charge in [0.05, 0.1) is 5.69 Å². The summed E-state index contributed by atoms with van der Waals surface area (Å²) in [5.74, 6) is 0. The van der Waals surface area contributed by atoms with Gasteiger partial charge in [-0.05, 0) is 19.1 Å². The minimum atomic E-state index is -0.0803. The fourth-order valence-electron chi connectivity index (χ4n) is 1.22. The molecule has 0 saturated heterocycles. The lowest BCUT2D eigenvalue weighted by Crippen LogP contribution is -2.34. The number of aliphatic hydroxyl groups is 1. The quantitative estimate of drug-likeness (QED) is 0.775. The number of aliphatic hydroxyl groups excluding tert-OH is 1. The van der Waals surface area contributed by atoms with Crippen molar-refractivity contribution in [1.82, 2.24) is 10.3 Å². The molecule has 0 spiro atoms. The van der Waals surface area contributed by atoms with E-state index in [2.05, 4.69) is 17.2 Å². The first-order chi connectivity index (χ1) is 7.05. The van der Waals surface area contributed by atoms with E-state index >= 15 is 0 Å². The lowest BCUT2D eigenvalue weighted by molar-refractivity contribution is 0.153. The second kappa shape index (κ2) is 5.24. The molecular weight excluding hydrogens is 188 g/mol. The Hall–Kier alpha value is -0.930. The molecule has 0 amide bonds. The molecule has 0 aliphatic heterocycles. The van der Waals surface area contributed by atoms with Gasteiger partial charge in [0, 0.05) is 30.8 Å². The number of hydrogen-bond donors (Lipinski definition) is 2. The van der Waals surface area contributed by atoms with E-state index in [0.717, 1.165) is 12.2 Å². The highest BCUT2D eigenvalue weighted by Gasteiger charge is 2.17. The highest BCUT2D eigenvalue weighted by atomic mass is 16.3. The monoisotopic (exact) mass is 208 g/mol. The first-order valence-electron chi connectivity index (χ1n) is 5.30. The normalized spacial score (nSPS) is 13.9. The van der Waals surface area contributed by atoms with Crippen LogP contribution in [0.15, 0.2) is 24.4 Å². The Labute approximate surface area is 91.5 Å². The zero-order valence-electron chi connectivity index (χ0n) is 9.70. The zero-order chi connectivity index (χ0) is 11.3. The van der Waals surface area contributed by atoms with Gasteiger partial charge in [0.1, 0.15) is 0 Å². The summed E-state index contributed by atoms with van der Waals surface area (Å²) in [6.07, 6.45) is 1.80. The van der Waals surface area contributed by atoms with Crippen LogP contribution in [0.4, 0.5) is 0 Å². The summed E-state index contributed by atoms with van der Waals surface area (Å²) < 4.78 is 0. The van der Waals surface area contributed by atoms with E-state index in [1.54, 1.807) is 6.20 Å². The summed E-state index contributed by atoms with van der Waals surface area (Å²) in [6.45, 7) is 7.11. The van der Waals surface area contributed by atoms with Crippen molar-refractivity contribution in [2.45, 2.75) is 26.8 Å². The van der Waals surface area contributed by atoms with Gasteiger partial charge in [-0.2, -0.15) is 0 Å². The Morgan fingerprint density at radius 3 is 2.73 bits per heavy atom. The van der Waals surface area contributed by atoms with Gasteiger partial charge in [-0.25, -0.2) is 0 Å². The highest BCUT2D eigenvalue weighted by molar-refractivity contribution is 5.07. The molecule has 3 nitrogen and oxygen atoms in total. The second-order valence-corrected chi connectivity index (χ2v) is 4.68. The topological polar surface area (TPSA) is 45.1 Å². The molecule has 0 unspecified atom stereocenters. The van der Waals surface area contributed by atoms with Crippen molar-refractivity contribution in [1.29, 1.82) is 0 Å². The number of nitrogens with zero attached hydrogens (tertiary/aromatic N) is 1. The molecule has 1 rings (SSSR count). The van der Waals surface area contributed by atoms with E-state index in [1.807, 2.05) is 32.0 Å². The molecule has 84 valence electrons. The molecule has 0 fully saturated rings. The van der Waals surface area contributed by atoms with Gasteiger partial charge >= 0.3 is 0 Å². The van der Waals surface area contributed by atoms with Crippen LogP contribution in [0.3, 0.4) is 0 Å². The van der Waals surface area contributed by atoms with Crippen LogP contribution in [-0.4, -0.2) is 23.2 Å². The summed E-state index contributed by atoms with van der Waals surface area (Å²) in [5.41, 5.74) is 0.953. The lowest BCUT2D eigenvalue weighted by Gasteiger charge is -2.24. The molecule has 1 atom stereocenters. The summed E-state index contributed by atoms with van der Waals surface area (Å²) in [6, 6.07) is 6.12. The third-order valence-corrected chi connectivity index (χ3v) is 2.45. The second-order valence-electron chi connectivity index (χ2n) is 4.68. The molecular formula is C12H20N2O. The minimum absolute atomic E-state index is 0.0803. The summed E-state index contributed by atoms with van der Waals surface area (Å²) in [4.78, 5) is 4.28. The lowest BCUT2D eigenvalue weighted by atomic mass is 9.94. The predicted octanol–water partition coefficient (Wildman–Crippen LogP) is 1.75. The number of aromatic nitrogens is 1. The Morgan fingerprint density at radius 2 is 2.20 bits per heavy atom. The van der Waals surface area contributed by atoms with Gasteiger partial charge in [0.2, 0.25) is 0 Å². The number of pyridine rings is 1. The van der Waals surface area contributed by atoms with E-state index in [0.29, 0.717) is 0 Å². The van der Waals surface area contributed by atoms with E-state index in [-0.39, 0.29) is 18.1 Å². The van der Waals surface area contributed by atoms with Crippen LogP contribution in [0.25, 0.3) is 0 Å². The maximum Gasteiger partial charge on any atom is 0.0570 e. The molecule has 1 aromatic rings. The number of hydrogen-bond acceptors (Lipinski definition) is 3. The van der Waals surface area contributed by atoms with E-state index < -0.39 is 0 Å². The predicted molar refractivity (Wildman–Crippen MR) is 61.5 cm³/mol. The van der Waals surface area contributed by atoms with E-state index in [9.17, 15) is 0 Å². The van der Waals surface area contributed by atoms with Crippen LogP contribution in [0.2, 0.25) is 0 Å². The third kappa shape index (κ3) is 3.98.